The number of carbonyl (C=O) groups excluding carboxylic acids is 1. The van der Waals surface area contributed by atoms with Gasteiger partial charge in [0.2, 0.25) is 0 Å². The van der Waals surface area contributed by atoms with E-state index in [1.54, 1.807) is 7.11 Å². The number of fused-ring (bicyclic) bond motifs is 1. The van der Waals surface area contributed by atoms with Gasteiger partial charge in [-0.05, 0) is 45.2 Å². The zero-order valence-electron chi connectivity index (χ0n) is 19.1. The van der Waals surface area contributed by atoms with E-state index in [4.69, 9.17) is 4.74 Å². The summed E-state index contributed by atoms with van der Waals surface area (Å²) in [6.07, 6.45) is 8.68. The molecule has 5 nitrogen and oxygen atoms in total. The molecule has 1 aliphatic heterocycles. The van der Waals surface area contributed by atoms with Gasteiger partial charge in [-0.15, -0.1) is 0 Å². The Kier molecular flexibility index (Phi) is 6.37. The highest BCUT2D eigenvalue weighted by Crippen LogP contribution is 2.34. The van der Waals surface area contributed by atoms with Crippen LogP contribution in [0.4, 0.5) is 0 Å². The third-order valence-corrected chi connectivity index (χ3v) is 7.25. The van der Waals surface area contributed by atoms with E-state index < -0.39 is 0 Å². The molecule has 2 heterocycles. The Labute approximate surface area is 181 Å². The van der Waals surface area contributed by atoms with Crippen LogP contribution in [0.1, 0.15) is 63.2 Å². The number of aromatic nitrogens is 1. The van der Waals surface area contributed by atoms with Crippen LogP contribution in [-0.4, -0.2) is 59.1 Å². The summed E-state index contributed by atoms with van der Waals surface area (Å²) < 4.78 is 8.00. The van der Waals surface area contributed by atoms with Crippen molar-refractivity contribution in [3.8, 4) is 5.75 Å². The second-order valence-corrected chi connectivity index (χ2v) is 9.29. The molecule has 1 aromatic carbocycles. The first kappa shape index (κ1) is 21.2. The first-order chi connectivity index (χ1) is 14.5. The van der Waals surface area contributed by atoms with Crippen molar-refractivity contribution in [2.75, 3.05) is 26.7 Å². The predicted octanol–water partition coefficient (Wildman–Crippen LogP) is 4.78. The number of hydrogen-bond donors (Lipinski definition) is 0. The minimum Gasteiger partial charge on any atom is -0.495 e. The summed E-state index contributed by atoms with van der Waals surface area (Å²) in [7, 11) is 1.72. The number of hydrogen-bond acceptors (Lipinski definition) is 3. The summed E-state index contributed by atoms with van der Waals surface area (Å²) in [4.78, 5) is 18.2. The summed E-state index contributed by atoms with van der Waals surface area (Å²) in [5.74, 6) is 1.71. The Morgan fingerprint density at radius 2 is 1.80 bits per heavy atom. The van der Waals surface area contributed by atoms with Gasteiger partial charge in [-0.3, -0.25) is 9.69 Å². The minimum absolute atomic E-state index is 0.158. The number of rotatable bonds is 5. The molecule has 2 unspecified atom stereocenters. The molecule has 1 aromatic heterocycles. The van der Waals surface area contributed by atoms with Crippen molar-refractivity contribution in [2.45, 2.75) is 71.5 Å². The van der Waals surface area contributed by atoms with Crippen LogP contribution in [0.25, 0.3) is 10.9 Å². The van der Waals surface area contributed by atoms with Crippen molar-refractivity contribution in [1.82, 2.24) is 14.4 Å². The van der Waals surface area contributed by atoms with E-state index in [9.17, 15) is 4.79 Å². The monoisotopic (exact) mass is 411 g/mol. The second kappa shape index (κ2) is 9.01. The van der Waals surface area contributed by atoms with Crippen molar-refractivity contribution < 1.29 is 9.53 Å². The molecular formula is C25H37N3O2. The number of benzene rings is 1. The number of likely N-dealkylation sites (N-methyl/N-ethyl adjacent to an activating group) is 1. The molecule has 2 aliphatic rings. The molecule has 0 N–H and O–H groups in total. The second-order valence-electron chi connectivity index (χ2n) is 9.29. The normalized spacial score (nSPS) is 23.8. The lowest BCUT2D eigenvalue weighted by atomic mass is 9.89. The van der Waals surface area contributed by atoms with E-state index in [1.807, 2.05) is 12.1 Å². The van der Waals surface area contributed by atoms with Crippen LogP contribution in [-0.2, 0) is 6.54 Å². The first-order valence-corrected chi connectivity index (χ1v) is 11.7. The number of nitrogens with zero attached hydrogens (tertiary/aromatic N) is 3. The van der Waals surface area contributed by atoms with Crippen LogP contribution in [0, 0.1) is 5.92 Å². The van der Waals surface area contributed by atoms with Gasteiger partial charge in [-0.1, -0.05) is 38.3 Å². The van der Waals surface area contributed by atoms with E-state index in [0.29, 0.717) is 18.0 Å². The SMILES string of the molecule is CCN1C(C)CN(C(=O)c2cn(CC3CCCCC3)c3c(OC)cccc23)CC1C. The number of amides is 1. The molecule has 1 amide bonds. The van der Waals surface area contributed by atoms with Crippen LogP contribution in [0.2, 0.25) is 0 Å². The quantitative estimate of drug-likeness (QED) is 0.710. The van der Waals surface area contributed by atoms with E-state index in [0.717, 1.165) is 48.4 Å². The maximum atomic E-state index is 13.7. The van der Waals surface area contributed by atoms with Crippen molar-refractivity contribution in [3.63, 3.8) is 0 Å². The van der Waals surface area contributed by atoms with Gasteiger partial charge >= 0.3 is 0 Å². The van der Waals surface area contributed by atoms with Crippen molar-refractivity contribution in [2.24, 2.45) is 5.92 Å². The lowest BCUT2D eigenvalue weighted by Crippen LogP contribution is -2.57. The van der Waals surface area contributed by atoms with E-state index >= 15 is 0 Å². The molecule has 1 aliphatic carbocycles. The molecule has 2 aromatic rings. The smallest absolute Gasteiger partial charge is 0.256 e. The van der Waals surface area contributed by atoms with E-state index in [1.165, 1.54) is 32.1 Å². The molecule has 1 saturated heterocycles. The number of piperazine rings is 1. The Hall–Kier alpha value is -2.01. The van der Waals surface area contributed by atoms with Crippen molar-refractivity contribution in [3.05, 3.63) is 30.0 Å². The molecule has 1 saturated carbocycles. The average molecular weight is 412 g/mol. The summed E-state index contributed by atoms with van der Waals surface area (Å²) in [5.41, 5.74) is 1.89. The van der Waals surface area contributed by atoms with Crippen molar-refractivity contribution >= 4 is 16.8 Å². The number of para-hydroxylation sites is 1. The number of carbonyl (C=O) groups is 1. The molecule has 2 fully saturated rings. The van der Waals surface area contributed by atoms with Crippen LogP contribution in [0.5, 0.6) is 5.75 Å². The third-order valence-electron chi connectivity index (χ3n) is 7.25. The fourth-order valence-electron chi connectivity index (χ4n) is 5.77. The van der Waals surface area contributed by atoms with Crippen molar-refractivity contribution in [1.29, 1.82) is 0 Å². The zero-order chi connectivity index (χ0) is 21.3. The van der Waals surface area contributed by atoms with Crippen LogP contribution in [0.15, 0.2) is 24.4 Å². The van der Waals surface area contributed by atoms with E-state index in [-0.39, 0.29) is 5.91 Å². The van der Waals surface area contributed by atoms with Gasteiger partial charge < -0.3 is 14.2 Å². The highest BCUT2D eigenvalue weighted by Gasteiger charge is 2.32. The molecule has 5 heteroatoms. The predicted molar refractivity (Wildman–Crippen MR) is 122 cm³/mol. The number of ether oxygens (including phenoxy) is 1. The minimum atomic E-state index is 0.158. The van der Waals surface area contributed by atoms with E-state index in [2.05, 4.69) is 47.4 Å². The Balaban J connectivity index is 1.67. The summed E-state index contributed by atoms with van der Waals surface area (Å²) in [5, 5.41) is 1.02. The molecule has 30 heavy (non-hydrogen) atoms. The molecule has 0 spiro atoms. The highest BCUT2D eigenvalue weighted by molar-refractivity contribution is 6.08. The average Bonchev–Trinajstić information content (AvgIpc) is 3.12. The third kappa shape index (κ3) is 3.96. The molecular weight excluding hydrogens is 374 g/mol. The van der Waals surface area contributed by atoms with Gasteiger partial charge in [0.05, 0.1) is 18.2 Å². The zero-order valence-corrected chi connectivity index (χ0v) is 19.1. The summed E-state index contributed by atoms with van der Waals surface area (Å²) in [6.45, 7) is 10.2. The lowest BCUT2D eigenvalue weighted by molar-refractivity contribution is 0.0331. The summed E-state index contributed by atoms with van der Waals surface area (Å²) in [6, 6.07) is 6.86. The fraction of sp³-hybridized carbons (Fsp3) is 0.640. The standard InChI is InChI=1S/C25H37N3O2/c1-5-28-18(2)14-27(15-19(28)3)25(29)22-17-26(16-20-10-7-6-8-11-20)24-21(22)12-9-13-23(24)30-4/h9,12-13,17-20H,5-8,10-11,14-16H2,1-4H3. The Bertz CT molecular complexity index is 872. The van der Waals surface area contributed by atoms with Gasteiger partial charge in [0, 0.05) is 43.3 Å². The molecule has 0 bridgehead atoms. The highest BCUT2D eigenvalue weighted by atomic mass is 16.5. The summed E-state index contributed by atoms with van der Waals surface area (Å²) >= 11 is 0. The fourth-order valence-corrected chi connectivity index (χ4v) is 5.77. The first-order valence-electron chi connectivity index (χ1n) is 11.7. The lowest BCUT2D eigenvalue weighted by Gasteiger charge is -2.44. The Morgan fingerprint density at radius 3 is 2.43 bits per heavy atom. The molecule has 2 atom stereocenters. The van der Waals surface area contributed by atoms with Gasteiger partial charge in [-0.25, -0.2) is 0 Å². The van der Waals surface area contributed by atoms with Crippen LogP contribution < -0.4 is 4.74 Å². The molecule has 4 rings (SSSR count). The molecule has 164 valence electrons. The topological polar surface area (TPSA) is 37.7 Å². The maximum Gasteiger partial charge on any atom is 0.256 e. The molecule has 0 radical (unpaired) electrons. The van der Waals surface area contributed by atoms with Gasteiger partial charge in [0.1, 0.15) is 5.75 Å². The largest absolute Gasteiger partial charge is 0.495 e. The Morgan fingerprint density at radius 1 is 1.10 bits per heavy atom. The van der Waals surface area contributed by atoms with Crippen LogP contribution >= 0.6 is 0 Å². The maximum absolute atomic E-state index is 13.7. The van der Waals surface area contributed by atoms with Gasteiger partial charge in [-0.2, -0.15) is 0 Å². The number of methoxy groups -OCH3 is 1. The van der Waals surface area contributed by atoms with Gasteiger partial charge in [0.15, 0.2) is 0 Å². The van der Waals surface area contributed by atoms with Crippen LogP contribution in [0.3, 0.4) is 0 Å². The van der Waals surface area contributed by atoms with Gasteiger partial charge in [0.25, 0.3) is 5.91 Å².